The molecule has 1 aromatic carbocycles. The van der Waals surface area contributed by atoms with E-state index < -0.39 is 0 Å². The molecule has 0 aliphatic rings. The van der Waals surface area contributed by atoms with Gasteiger partial charge in [-0.3, -0.25) is 9.59 Å². The first-order chi connectivity index (χ1) is 12.7. The third-order valence-corrected chi connectivity index (χ3v) is 4.04. The number of aromatic nitrogens is 1. The van der Waals surface area contributed by atoms with Crippen molar-refractivity contribution in [1.29, 1.82) is 0 Å². The highest BCUT2D eigenvalue weighted by atomic mass is 16.5. The molecule has 1 amide bonds. The zero-order chi connectivity index (χ0) is 18.8. The van der Waals surface area contributed by atoms with Crippen molar-refractivity contribution in [3.63, 3.8) is 0 Å². The number of hydrogen-bond acceptors (Lipinski definition) is 4. The first kappa shape index (κ1) is 19.7. The van der Waals surface area contributed by atoms with Crippen molar-refractivity contribution >= 4 is 11.9 Å². The normalized spacial score (nSPS) is 10.5. The second-order valence-corrected chi connectivity index (χ2v) is 5.81. The number of amides is 1. The Hall–Kier alpha value is -2.60. The largest absolute Gasteiger partial charge is 0.469 e. The molecule has 0 atom stereocenters. The summed E-state index contributed by atoms with van der Waals surface area (Å²) < 4.78 is 12.0. The third-order valence-electron chi connectivity index (χ3n) is 4.04. The fourth-order valence-corrected chi connectivity index (χ4v) is 2.61. The van der Waals surface area contributed by atoms with Crippen molar-refractivity contribution in [2.45, 2.75) is 19.8 Å². The number of ether oxygens (including phenoxy) is 2. The maximum absolute atomic E-state index is 12.8. The van der Waals surface area contributed by atoms with Crippen LogP contribution in [0.25, 0.3) is 5.69 Å². The van der Waals surface area contributed by atoms with Crippen molar-refractivity contribution in [2.24, 2.45) is 0 Å². The van der Waals surface area contributed by atoms with Gasteiger partial charge in [0, 0.05) is 49.9 Å². The van der Waals surface area contributed by atoms with Gasteiger partial charge in [0.15, 0.2) is 0 Å². The number of nitrogens with zero attached hydrogens (tertiary/aromatic N) is 2. The Bertz CT molecular complexity index is 680. The highest BCUT2D eigenvalue weighted by molar-refractivity contribution is 5.94. The average Bonchev–Trinajstić information content (AvgIpc) is 3.21. The van der Waals surface area contributed by atoms with E-state index in [1.54, 1.807) is 4.90 Å². The van der Waals surface area contributed by atoms with Crippen LogP contribution in [0.4, 0.5) is 0 Å². The highest BCUT2D eigenvalue weighted by Crippen LogP contribution is 2.13. The zero-order valence-electron chi connectivity index (χ0n) is 15.4. The summed E-state index contributed by atoms with van der Waals surface area (Å²) in [6, 6.07) is 11.3. The van der Waals surface area contributed by atoms with Crippen molar-refractivity contribution in [2.75, 3.05) is 33.4 Å². The summed E-state index contributed by atoms with van der Waals surface area (Å²) in [5.41, 5.74) is 1.59. The van der Waals surface area contributed by atoms with E-state index in [-0.39, 0.29) is 18.3 Å². The van der Waals surface area contributed by atoms with Crippen molar-refractivity contribution < 1.29 is 19.1 Å². The minimum Gasteiger partial charge on any atom is -0.469 e. The van der Waals surface area contributed by atoms with Gasteiger partial charge in [0.2, 0.25) is 0 Å². The fourth-order valence-electron chi connectivity index (χ4n) is 2.61. The Balaban J connectivity index is 2.04. The molecule has 2 rings (SSSR count). The van der Waals surface area contributed by atoms with Gasteiger partial charge in [0.25, 0.3) is 5.91 Å². The average molecular weight is 358 g/mol. The second-order valence-electron chi connectivity index (χ2n) is 5.81. The summed E-state index contributed by atoms with van der Waals surface area (Å²) in [5, 5.41) is 0. The molecule has 0 saturated heterocycles. The quantitative estimate of drug-likeness (QED) is 0.484. The molecular formula is C20H26N2O4. The van der Waals surface area contributed by atoms with Gasteiger partial charge in [-0.15, -0.1) is 0 Å². The van der Waals surface area contributed by atoms with Crippen LogP contribution in [0.15, 0.2) is 48.8 Å². The lowest BCUT2D eigenvalue weighted by atomic mass is 10.1. The molecule has 0 aliphatic heterocycles. The molecule has 0 radical (unpaired) electrons. The Morgan fingerprint density at radius 1 is 1.08 bits per heavy atom. The van der Waals surface area contributed by atoms with E-state index in [0.29, 0.717) is 31.9 Å². The predicted octanol–water partition coefficient (Wildman–Crippen LogP) is 2.91. The van der Waals surface area contributed by atoms with Crippen LogP contribution in [-0.2, 0) is 14.3 Å². The van der Waals surface area contributed by atoms with Gasteiger partial charge in [0.1, 0.15) is 0 Å². The van der Waals surface area contributed by atoms with E-state index >= 15 is 0 Å². The Morgan fingerprint density at radius 3 is 2.38 bits per heavy atom. The number of hydrogen-bond donors (Lipinski definition) is 0. The van der Waals surface area contributed by atoms with Crippen LogP contribution in [0.3, 0.4) is 0 Å². The summed E-state index contributed by atoms with van der Waals surface area (Å²) in [5.74, 6) is -0.417. The van der Waals surface area contributed by atoms with Crippen LogP contribution < -0.4 is 0 Å². The van der Waals surface area contributed by atoms with Crippen LogP contribution in [-0.4, -0.2) is 54.8 Å². The Kier molecular flexibility index (Phi) is 7.89. The lowest BCUT2D eigenvalue weighted by Crippen LogP contribution is -2.34. The number of carbonyl (C=O) groups excluding carboxylic acids is 2. The molecule has 2 aromatic rings. The minimum atomic E-state index is -0.324. The van der Waals surface area contributed by atoms with E-state index in [2.05, 4.69) is 4.74 Å². The van der Waals surface area contributed by atoms with Gasteiger partial charge in [-0.25, -0.2) is 0 Å². The summed E-state index contributed by atoms with van der Waals surface area (Å²) in [6.07, 6.45) is 4.81. The minimum absolute atomic E-state index is 0.0931. The molecule has 140 valence electrons. The first-order valence-electron chi connectivity index (χ1n) is 8.83. The number of methoxy groups -OCH3 is 1. The van der Waals surface area contributed by atoms with E-state index in [1.807, 2.05) is 60.3 Å². The molecule has 0 fully saturated rings. The smallest absolute Gasteiger partial charge is 0.307 e. The zero-order valence-corrected chi connectivity index (χ0v) is 15.4. The fraction of sp³-hybridized carbons (Fsp3) is 0.400. The Labute approximate surface area is 154 Å². The van der Waals surface area contributed by atoms with Gasteiger partial charge >= 0.3 is 5.97 Å². The standard InChI is InChI=1S/C20H26N2O4/c1-3-26-16-6-14-22(15-11-19(23)25-2)20(24)17-7-9-18(10-8-17)21-12-4-5-13-21/h4-5,7-10,12-13H,3,6,11,14-16H2,1-2H3. The summed E-state index contributed by atoms with van der Waals surface area (Å²) >= 11 is 0. The van der Waals surface area contributed by atoms with Crippen LogP contribution >= 0.6 is 0 Å². The number of carbonyl (C=O) groups is 2. The van der Waals surface area contributed by atoms with Crippen molar-refractivity contribution in [3.05, 3.63) is 54.4 Å². The molecule has 6 nitrogen and oxygen atoms in total. The van der Waals surface area contributed by atoms with E-state index in [9.17, 15) is 9.59 Å². The molecule has 26 heavy (non-hydrogen) atoms. The van der Waals surface area contributed by atoms with E-state index in [4.69, 9.17) is 4.74 Å². The molecule has 0 bridgehead atoms. The monoisotopic (exact) mass is 358 g/mol. The maximum Gasteiger partial charge on any atom is 0.307 e. The van der Waals surface area contributed by atoms with Gasteiger partial charge in [-0.1, -0.05) is 0 Å². The van der Waals surface area contributed by atoms with Gasteiger partial charge < -0.3 is 18.9 Å². The SMILES string of the molecule is CCOCCCN(CCC(=O)OC)C(=O)c1ccc(-n2cccc2)cc1. The summed E-state index contributed by atoms with van der Waals surface area (Å²) in [6.45, 7) is 4.04. The van der Waals surface area contributed by atoms with E-state index in [0.717, 1.165) is 12.1 Å². The summed E-state index contributed by atoms with van der Waals surface area (Å²) in [7, 11) is 1.35. The van der Waals surface area contributed by atoms with Crippen LogP contribution in [0, 0.1) is 0 Å². The number of esters is 1. The highest BCUT2D eigenvalue weighted by Gasteiger charge is 2.17. The molecule has 6 heteroatoms. The van der Waals surface area contributed by atoms with Crippen LogP contribution in [0.1, 0.15) is 30.1 Å². The summed E-state index contributed by atoms with van der Waals surface area (Å²) in [4.78, 5) is 26.0. The molecule has 0 saturated carbocycles. The molecule has 0 unspecified atom stereocenters. The maximum atomic E-state index is 12.8. The van der Waals surface area contributed by atoms with Gasteiger partial charge in [0.05, 0.1) is 13.5 Å². The van der Waals surface area contributed by atoms with E-state index in [1.165, 1.54) is 7.11 Å². The predicted molar refractivity (Wildman–Crippen MR) is 99.4 cm³/mol. The van der Waals surface area contributed by atoms with Crippen molar-refractivity contribution in [3.8, 4) is 5.69 Å². The topological polar surface area (TPSA) is 60.8 Å². The molecule has 1 heterocycles. The Morgan fingerprint density at radius 2 is 1.77 bits per heavy atom. The van der Waals surface area contributed by atoms with Crippen LogP contribution in [0.5, 0.6) is 0 Å². The molecule has 1 aromatic heterocycles. The molecule has 0 N–H and O–H groups in total. The second kappa shape index (κ2) is 10.4. The molecule has 0 aliphatic carbocycles. The third kappa shape index (κ3) is 5.74. The van der Waals surface area contributed by atoms with Crippen molar-refractivity contribution in [1.82, 2.24) is 9.47 Å². The van der Waals surface area contributed by atoms with Crippen LogP contribution in [0.2, 0.25) is 0 Å². The molecule has 0 spiro atoms. The lowest BCUT2D eigenvalue weighted by molar-refractivity contribution is -0.140. The van der Waals surface area contributed by atoms with Gasteiger partial charge in [-0.05, 0) is 49.7 Å². The van der Waals surface area contributed by atoms with Gasteiger partial charge in [-0.2, -0.15) is 0 Å². The lowest BCUT2D eigenvalue weighted by Gasteiger charge is -2.22. The molecular weight excluding hydrogens is 332 g/mol. The number of rotatable bonds is 10. The number of benzene rings is 1. The first-order valence-corrected chi connectivity index (χ1v) is 8.83.